The molecule has 0 aromatic heterocycles. The van der Waals surface area contributed by atoms with Gasteiger partial charge in [-0.3, -0.25) is 0 Å². The van der Waals surface area contributed by atoms with E-state index in [4.69, 9.17) is 9.47 Å². The third kappa shape index (κ3) is 2.60. The Hall–Kier alpha value is -0.970. The van der Waals surface area contributed by atoms with Gasteiger partial charge in [-0.05, 0) is 37.3 Å². The summed E-state index contributed by atoms with van der Waals surface area (Å²) in [7, 11) is 0. The second kappa shape index (κ2) is 5.43. The molecule has 0 amide bonds. The summed E-state index contributed by atoms with van der Waals surface area (Å²) in [4.78, 5) is 0. The maximum absolute atomic E-state index is 14.0. The highest BCUT2D eigenvalue weighted by molar-refractivity contribution is 5.25. The van der Waals surface area contributed by atoms with Gasteiger partial charge in [-0.15, -0.1) is 0 Å². The molecule has 110 valence electrons. The molecule has 2 fully saturated rings. The van der Waals surface area contributed by atoms with Crippen LogP contribution in [0.2, 0.25) is 0 Å². The van der Waals surface area contributed by atoms with E-state index >= 15 is 0 Å². The van der Waals surface area contributed by atoms with Gasteiger partial charge in [0, 0.05) is 25.2 Å². The minimum Gasteiger partial charge on any atom is -0.388 e. The molecule has 20 heavy (non-hydrogen) atoms. The summed E-state index contributed by atoms with van der Waals surface area (Å²) in [5, 5.41) is 10.5. The van der Waals surface area contributed by atoms with Gasteiger partial charge in [0.25, 0.3) is 0 Å². The first kappa shape index (κ1) is 14.0. The van der Waals surface area contributed by atoms with Crippen molar-refractivity contribution < 1.29 is 19.0 Å². The van der Waals surface area contributed by atoms with Crippen molar-refractivity contribution in [3.8, 4) is 0 Å². The van der Waals surface area contributed by atoms with Crippen molar-refractivity contribution in [2.45, 2.75) is 37.9 Å². The quantitative estimate of drug-likeness (QED) is 0.905. The van der Waals surface area contributed by atoms with E-state index in [1.807, 2.05) is 13.0 Å². The molecule has 0 bridgehead atoms. The Morgan fingerprint density at radius 1 is 1.40 bits per heavy atom. The van der Waals surface area contributed by atoms with Crippen molar-refractivity contribution >= 4 is 0 Å². The molecule has 2 heterocycles. The van der Waals surface area contributed by atoms with Crippen LogP contribution in [0.4, 0.5) is 4.39 Å². The van der Waals surface area contributed by atoms with Gasteiger partial charge in [0.1, 0.15) is 5.82 Å². The Morgan fingerprint density at radius 3 is 2.95 bits per heavy atom. The highest BCUT2D eigenvalue weighted by Crippen LogP contribution is 2.41. The maximum Gasteiger partial charge on any atom is 0.129 e. The fraction of sp³-hybridized carbons (Fsp3) is 0.625. The van der Waals surface area contributed by atoms with E-state index in [0.29, 0.717) is 25.4 Å². The standard InChI is InChI=1S/C16H21FO3/c1-11-2-3-13(14(17)8-11)15(18)12-4-6-20-16(9-12)5-7-19-10-16/h2-3,8,12,15,18H,4-7,9-10H2,1H3. The van der Waals surface area contributed by atoms with Gasteiger partial charge in [-0.1, -0.05) is 12.1 Å². The first-order valence-electron chi connectivity index (χ1n) is 7.25. The highest BCUT2D eigenvalue weighted by Gasteiger charge is 2.43. The molecule has 4 heteroatoms. The molecule has 3 unspecified atom stereocenters. The van der Waals surface area contributed by atoms with E-state index in [0.717, 1.165) is 24.8 Å². The lowest BCUT2D eigenvalue weighted by Gasteiger charge is -2.39. The van der Waals surface area contributed by atoms with Gasteiger partial charge in [0.2, 0.25) is 0 Å². The van der Waals surface area contributed by atoms with Crippen molar-refractivity contribution in [2.24, 2.45) is 5.92 Å². The third-order valence-electron chi connectivity index (χ3n) is 4.52. The summed E-state index contributed by atoms with van der Waals surface area (Å²) in [5.74, 6) is -0.289. The van der Waals surface area contributed by atoms with Gasteiger partial charge in [-0.2, -0.15) is 0 Å². The van der Waals surface area contributed by atoms with E-state index in [-0.39, 0.29) is 17.3 Å². The summed E-state index contributed by atoms with van der Waals surface area (Å²) in [6.07, 6.45) is 1.60. The number of benzene rings is 1. The normalized spacial score (nSPS) is 31.6. The molecule has 0 saturated carbocycles. The number of ether oxygens (including phenoxy) is 2. The van der Waals surface area contributed by atoms with Crippen LogP contribution in [0, 0.1) is 18.7 Å². The van der Waals surface area contributed by atoms with Crippen LogP contribution in [0.3, 0.4) is 0 Å². The summed E-state index contributed by atoms with van der Waals surface area (Å²) in [6, 6.07) is 5.02. The lowest BCUT2D eigenvalue weighted by Crippen LogP contribution is -2.42. The largest absolute Gasteiger partial charge is 0.388 e. The smallest absolute Gasteiger partial charge is 0.129 e. The van der Waals surface area contributed by atoms with Crippen LogP contribution in [0.1, 0.15) is 36.5 Å². The molecular formula is C16H21FO3. The minimum absolute atomic E-state index is 0.0302. The SMILES string of the molecule is Cc1ccc(C(O)C2CCOC3(CCOC3)C2)c(F)c1. The second-order valence-electron chi connectivity index (χ2n) is 6.06. The summed E-state index contributed by atoms with van der Waals surface area (Å²) in [5.41, 5.74) is 1.01. The van der Waals surface area contributed by atoms with E-state index in [1.165, 1.54) is 6.07 Å². The van der Waals surface area contributed by atoms with Crippen molar-refractivity contribution in [1.29, 1.82) is 0 Å². The summed E-state index contributed by atoms with van der Waals surface area (Å²) in [6.45, 7) is 3.76. The first-order chi connectivity index (χ1) is 9.60. The number of aryl methyl sites for hydroxylation is 1. The number of hydrogen-bond donors (Lipinski definition) is 1. The Balaban J connectivity index is 1.77. The van der Waals surface area contributed by atoms with Crippen molar-refractivity contribution in [3.63, 3.8) is 0 Å². The number of halogens is 1. The molecule has 2 aliphatic heterocycles. The molecule has 1 N–H and O–H groups in total. The van der Waals surface area contributed by atoms with Crippen LogP contribution < -0.4 is 0 Å². The van der Waals surface area contributed by atoms with Crippen molar-refractivity contribution in [1.82, 2.24) is 0 Å². The average Bonchev–Trinajstić information content (AvgIpc) is 2.86. The molecular weight excluding hydrogens is 259 g/mol. The predicted octanol–water partition coefficient (Wildman–Crippen LogP) is 2.75. The zero-order chi connectivity index (χ0) is 14.2. The van der Waals surface area contributed by atoms with Crippen LogP contribution in [0.25, 0.3) is 0 Å². The average molecular weight is 280 g/mol. The lowest BCUT2D eigenvalue weighted by molar-refractivity contribution is -0.117. The second-order valence-corrected chi connectivity index (χ2v) is 6.06. The topological polar surface area (TPSA) is 38.7 Å². The van der Waals surface area contributed by atoms with Crippen LogP contribution in [-0.4, -0.2) is 30.5 Å². The number of hydrogen-bond acceptors (Lipinski definition) is 3. The van der Waals surface area contributed by atoms with Gasteiger partial charge in [-0.25, -0.2) is 4.39 Å². The van der Waals surface area contributed by atoms with Crippen LogP contribution >= 0.6 is 0 Å². The Kier molecular flexibility index (Phi) is 3.80. The molecule has 3 atom stereocenters. The molecule has 1 aromatic rings. The Labute approximate surface area is 118 Å². The zero-order valence-corrected chi connectivity index (χ0v) is 11.8. The van der Waals surface area contributed by atoms with E-state index < -0.39 is 6.10 Å². The van der Waals surface area contributed by atoms with E-state index in [2.05, 4.69) is 0 Å². The lowest BCUT2D eigenvalue weighted by atomic mass is 9.80. The first-order valence-corrected chi connectivity index (χ1v) is 7.25. The van der Waals surface area contributed by atoms with Crippen molar-refractivity contribution in [2.75, 3.05) is 19.8 Å². The number of aliphatic hydroxyl groups excluding tert-OH is 1. The van der Waals surface area contributed by atoms with Crippen LogP contribution in [0.15, 0.2) is 18.2 Å². The predicted molar refractivity (Wildman–Crippen MR) is 72.9 cm³/mol. The van der Waals surface area contributed by atoms with Gasteiger partial charge >= 0.3 is 0 Å². The molecule has 3 rings (SSSR count). The fourth-order valence-corrected chi connectivity index (χ4v) is 3.32. The minimum atomic E-state index is -0.767. The van der Waals surface area contributed by atoms with Crippen LogP contribution in [-0.2, 0) is 9.47 Å². The zero-order valence-electron chi connectivity index (χ0n) is 11.8. The van der Waals surface area contributed by atoms with Gasteiger partial charge < -0.3 is 14.6 Å². The molecule has 0 radical (unpaired) electrons. The van der Waals surface area contributed by atoms with E-state index in [1.54, 1.807) is 6.07 Å². The third-order valence-corrected chi connectivity index (χ3v) is 4.52. The molecule has 1 aromatic carbocycles. The highest BCUT2D eigenvalue weighted by atomic mass is 19.1. The van der Waals surface area contributed by atoms with Gasteiger partial charge in [0.05, 0.1) is 18.3 Å². The van der Waals surface area contributed by atoms with Crippen LogP contribution in [0.5, 0.6) is 0 Å². The summed E-state index contributed by atoms with van der Waals surface area (Å²) < 4.78 is 25.3. The number of rotatable bonds is 2. The van der Waals surface area contributed by atoms with E-state index in [9.17, 15) is 9.50 Å². The Morgan fingerprint density at radius 2 is 2.25 bits per heavy atom. The monoisotopic (exact) mass is 280 g/mol. The van der Waals surface area contributed by atoms with Crippen molar-refractivity contribution in [3.05, 3.63) is 35.1 Å². The van der Waals surface area contributed by atoms with Gasteiger partial charge in [0.15, 0.2) is 0 Å². The summed E-state index contributed by atoms with van der Waals surface area (Å²) >= 11 is 0. The molecule has 2 aliphatic rings. The molecule has 1 spiro atoms. The molecule has 0 aliphatic carbocycles. The molecule has 3 nitrogen and oxygen atoms in total. The Bertz CT molecular complexity index is 483. The fourth-order valence-electron chi connectivity index (χ4n) is 3.32. The number of aliphatic hydroxyl groups is 1. The molecule has 2 saturated heterocycles. The maximum atomic E-state index is 14.0.